The van der Waals surface area contributed by atoms with E-state index in [4.69, 9.17) is 37.9 Å². The Morgan fingerprint density at radius 3 is 0.446 bits per heavy atom. The van der Waals surface area contributed by atoms with Crippen LogP contribution in [0.5, 0.6) is 69.0 Å². The zero-order chi connectivity index (χ0) is 77.4. The van der Waals surface area contributed by atoms with Gasteiger partial charge < -0.3 is 101 Å². The molecule has 8 aromatic carbocycles. The van der Waals surface area contributed by atoms with Crippen LogP contribution in [0.25, 0.3) is 0 Å². The first-order valence-electron chi connectivity index (χ1n) is 40.0. The molecule has 0 saturated heterocycles. The van der Waals surface area contributed by atoms with Gasteiger partial charge in [-0.1, -0.05) is 103 Å². The van der Waals surface area contributed by atoms with E-state index in [0.29, 0.717) is 122 Å². The molecular weight excluding hydrogens is 1430 g/mol. The van der Waals surface area contributed by atoms with Crippen LogP contribution in [-0.2, 0) is 25.7 Å². The maximum absolute atomic E-state index is 14.6. The first kappa shape index (κ1) is 78.6. The number of phenolic OH excluding ortho intramolecular Hbond substituents is 4. The summed E-state index contributed by atoms with van der Waals surface area (Å²) in [5, 5.41) is 75.2. The van der Waals surface area contributed by atoms with Crippen molar-refractivity contribution in [3.8, 4) is 69.0 Å². The van der Waals surface area contributed by atoms with Crippen LogP contribution in [0.3, 0.4) is 0 Å². The van der Waals surface area contributed by atoms with Crippen molar-refractivity contribution in [2.24, 2.45) is 0 Å². The van der Waals surface area contributed by atoms with E-state index in [9.17, 15) is 39.6 Å². The van der Waals surface area contributed by atoms with Crippen molar-refractivity contribution in [3.63, 3.8) is 0 Å². The smallest absolute Gasteiger partial charge is 0.323 e. The normalized spacial score (nSPS) is 17.4. The number of hydrogen-bond acceptors (Lipinski definition) is 16. The molecule has 5 aliphatic rings. The quantitative estimate of drug-likeness (QED) is 0.0628. The number of carbonyl (C=O) groups excluding carboxylic acids is 4. The number of fused-ring (bicyclic) bond motifs is 16. The minimum Gasteiger partial charge on any atom is -0.507 e. The van der Waals surface area contributed by atoms with Crippen molar-refractivity contribution in [1.29, 1.82) is 0 Å². The van der Waals surface area contributed by atoms with Crippen LogP contribution in [-0.4, -0.2) is 97.4 Å². The summed E-state index contributed by atoms with van der Waals surface area (Å²) in [4.78, 5) is 58.6. The molecule has 8 amide bonds. The summed E-state index contributed by atoms with van der Waals surface area (Å²) in [6.45, 7) is 3.42. The highest BCUT2D eigenvalue weighted by atomic mass is 16.5. The van der Waals surface area contributed by atoms with Crippen LogP contribution in [0.1, 0.15) is 199 Å². The lowest BCUT2D eigenvalue weighted by Crippen LogP contribution is -2.20. The molecule has 0 atom stereocenters. The maximum Gasteiger partial charge on any atom is 0.323 e. The van der Waals surface area contributed by atoms with Gasteiger partial charge in [-0.2, -0.15) is 0 Å². The minimum absolute atomic E-state index is 0.199. The van der Waals surface area contributed by atoms with E-state index >= 15 is 0 Å². The number of carbonyl (C=O) groups is 4. The topological polar surface area (TPSA) is 319 Å². The minimum atomic E-state index is -0.656. The summed E-state index contributed by atoms with van der Waals surface area (Å²) in [5.74, 6) is 3.04. The number of rotatable bonds is 0. The van der Waals surface area contributed by atoms with Crippen LogP contribution >= 0.6 is 0 Å². The van der Waals surface area contributed by atoms with Crippen molar-refractivity contribution >= 4 is 69.6 Å². The second-order valence-electron chi connectivity index (χ2n) is 29.6. The first-order valence-corrected chi connectivity index (χ1v) is 40.0. The SMILES string of the molecule is O=C1Nc2cc3cc(c2)OCCCCCCCCOc2cc4cc(c2)OCCCCCCCCOc2cc5cc(c2)OCCCCCCCCOc2cc(cc(c2)OCCCCCCCCO3)NC(=O)Nc2cc3c(O)c(c2)Cc2cc(cc(c2O)Cc2cc(cc(c2O)Cc2cc(cc(c2O)C3)N1)NC(=O)N4)NC(=O)N5. The van der Waals surface area contributed by atoms with E-state index in [1.54, 1.807) is 97.1 Å². The third-order valence-corrected chi connectivity index (χ3v) is 20.5. The molecule has 4 aliphatic heterocycles. The van der Waals surface area contributed by atoms with Gasteiger partial charge in [-0.3, -0.25) is 0 Å². The Kier molecular flexibility index (Phi) is 27.6. The van der Waals surface area contributed by atoms with E-state index in [1.807, 2.05) is 24.3 Å². The zero-order valence-electron chi connectivity index (χ0n) is 63.7. The molecular formula is C88H104N8O16. The van der Waals surface area contributed by atoms with Crippen molar-refractivity contribution in [1.82, 2.24) is 0 Å². The monoisotopic (exact) mass is 1530 g/mol. The Balaban J connectivity index is 0.960. The molecule has 0 spiro atoms. The van der Waals surface area contributed by atoms with Gasteiger partial charge in [0.05, 0.1) is 52.9 Å². The van der Waals surface area contributed by atoms with Gasteiger partial charge >= 0.3 is 24.1 Å². The number of ether oxygens (including phenoxy) is 8. The predicted molar refractivity (Wildman–Crippen MR) is 435 cm³/mol. The summed E-state index contributed by atoms with van der Waals surface area (Å²) >= 11 is 0. The first-order chi connectivity index (χ1) is 54.7. The lowest BCUT2D eigenvalue weighted by Gasteiger charge is -2.21. The van der Waals surface area contributed by atoms with Gasteiger partial charge in [0.1, 0.15) is 69.0 Å². The molecule has 0 unspecified atom stereocenters. The predicted octanol–water partition coefficient (Wildman–Crippen LogP) is 20.2. The summed E-state index contributed by atoms with van der Waals surface area (Å²) in [6, 6.07) is 31.3. The summed E-state index contributed by atoms with van der Waals surface area (Å²) in [5.41, 5.74) is 3.97. The summed E-state index contributed by atoms with van der Waals surface area (Å²) < 4.78 is 51.2. The fourth-order valence-corrected chi connectivity index (χ4v) is 14.8. The third-order valence-electron chi connectivity index (χ3n) is 20.5. The Morgan fingerprint density at radius 2 is 0.304 bits per heavy atom. The Hall–Kier alpha value is -11.6. The van der Waals surface area contributed by atoms with Gasteiger partial charge in [0.2, 0.25) is 0 Å². The number of benzene rings is 8. The van der Waals surface area contributed by atoms with Crippen molar-refractivity contribution < 1.29 is 77.5 Å². The average Bonchev–Trinajstić information content (AvgIpc) is 0.778. The van der Waals surface area contributed by atoms with Gasteiger partial charge in [-0.05, 0) is 99.9 Å². The highest BCUT2D eigenvalue weighted by Gasteiger charge is 2.25. The number of aromatic hydroxyl groups is 4. The lowest BCUT2D eigenvalue weighted by atomic mass is 9.90. The standard InChI is InChI=1S/C88H104N8O16/c97-81-57-33-59-39-66-40-60(82(59)98)35-62-42-68-44-64(84(62)100)36-63-43-67-41-61(83(63)99)34-58(81)38-65(37-57)89-85(101)93-69-45-73-53-75(47-69)107-27-19-11-3-4-13-21-29-109-77-49-71(95-87(103)91-67)51-79(55-77)111-31-23-15-7-8-16-24-32-112-80-52-72(96-88(104)92-68)50-78(56-80)110-30-22-14-6-5-12-20-28-108-76-48-70(94-86(102)90-66)46-74(54-76)106-26-18-10-2-1-9-17-25-105-73/h37-56,97-100H,1-36H2,(H2,89,93,101)(H2,90,94,102)(H2,91,95,103)(H2,92,96,104). The summed E-state index contributed by atoms with van der Waals surface area (Å²) in [7, 11) is 0. The number of nitrogens with one attached hydrogen (secondary N) is 8. The van der Waals surface area contributed by atoms with Gasteiger partial charge in [0.25, 0.3) is 0 Å². The molecule has 24 nitrogen and oxygen atoms in total. The highest BCUT2D eigenvalue weighted by Crippen LogP contribution is 2.43. The van der Waals surface area contributed by atoms with E-state index in [2.05, 4.69) is 42.5 Å². The lowest BCUT2D eigenvalue weighted by molar-refractivity contribution is 0.261. The molecule has 0 fully saturated rings. The molecule has 24 heteroatoms. The molecule has 1 aliphatic carbocycles. The van der Waals surface area contributed by atoms with Crippen LogP contribution in [0.4, 0.5) is 64.7 Å². The molecule has 12 N–H and O–H groups in total. The Labute approximate surface area is 654 Å². The van der Waals surface area contributed by atoms with Crippen molar-refractivity contribution in [2.75, 3.05) is 95.4 Å². The van der Waals surface area contributed by atoms with E-state index in [0.717, 1.165) is 154 Å². The van der Waals surface area contributed by atoms with E-state index in [-0.39, 0.29) is 116 Å². The summed E-state index contributed by atoms with van der Waals surface area (Å²) in [6.07, 6.45) is 20.7. The number of amides is 8. The Bertz CT molecular complexity index is 3820. The third kappa shape index (κ3) is 23.3. The van der Waals surface area contributed by atoms with Crippen LogP contribution in [0, 0.1) is 0 Å². The fourth-order valence-electron chi connectivity index (χ4n) is 14.8. The molecule has 0 saturated carbocycles. The average molecular weight is 1530 g/mol. The van der Waals surface area contributed by atoms with Gasteiger partial charge in [0, 0.05) is 188 Å². The molecule has 8 aromatic rings. The zero-order valence-corrected chi connectivity index (χ0v) is 63.7. The van der Waals surface area contributed by atoms with E-state index < -0.39 is 24.1 Å². The van der Waals surface area contributed by atoms with Gasteiger partial charge in [-0.15, -0.1) is 0 Å². The number of phenols is 4. The highest BCUT2D eigenvalue weighted by molar-refractivity contribution is 6.03. The van der Waals surface area contributed by atoms with Crippen LogP contribution in [0.15, 0.2) is 121 Å². The van der Waals surface area contributed by atoms with Gasteiger partial charge in [0.15, 0.2) is 0 Å². The number of urea groups is 4. The largest absolute Gasteiger partial charge is 0.507 e. The van der Waals surface area contributed by atoms with E-state index in [1.165, 1.54) is 0 Å². The molecule has 24 bridgehead atoms. The number of anilines is 8. The maximum atomic E-state index is 14.6. The Morgan fingerprint density at radius 1 is 0.179 bits per heavy atom. The second-order valence-corrected chi connectivity index (χ2v) is 29.6. The molecule has 13 rings (SSSR count). The second kappa shape index (κ2) is 39.4. The molecule has 112 heavy (non-hydrogen) atoms. The molecule has 0 radical (unpaired) electrons. The molecule has 0 aromatic heterocycles. The van der Waals surface area contributed by atoms with Crippen LogP contribution in [0.2, 0.25) is 0 Å². The fraction of sp³-hybridized carbons (Fsp3) is 0.409. The van der Waals surface area contributed by atoms with Crippen molar-refractivity contribution in [2.45, 2.75) is 180 Å². The van der Waals surface area contributed by atoms with Crippen LogP contribution < -0.4 is 80.4 Å². The molecule has 592 valence electrons. The molecule has 4 heterocycles. The van der Waals surface area contributed by atoms with Crippen molar-refractivity contribution in [3.05, 3.63) is 166 Å². The van der Waals surface area contributed by atoms with Gasteiger partial charge in [-0.25, -0.2) is 19.2 Å². The number of hydrogen-bond donors (Lipinski definition) is 12.